The van der Waals surface area contributed by atoms with Crippen LogP contribution in [0, 0.1) is 0 Å². The molecule has 0 spiro atoms. The van der Waals surface area contributed by atoms with Gasteiger partial charge < -0.3 is 5.73 Å². The molecule has 0 saturated heterocycles. The van der Waals surface area contributed by atoms with E-state index in [0.717, 1.165) is 30.5 Å². The van der Waals surface area contributed by atoms with Gasteiger partial charge in [-0.2, -0.15) is 5.10 Å². The van der Waals surface area contributed by atoms with Crippen molar-refractivity contribution in [2.75, 3.05) is 6.54 Å². The zero-order valence-corrected chi connectivity index (χ0v) is 9.61. The van der Waals surface area contributed by atoms with Crippen LogP contribution in [0.4, 0.5) is 0 Å². The molecule has 1 aromatic heterocycles. The second kappa shape index (κ2) is 5.25. The fraction of sp³-hybridized carbons (Fsp3) is 0.667. The van der Waals surface area contributed by atoms with E-state index in [1.165, 1.54) is 19.3 Å². The molecule has 1 aliphatic carbocycles. The zero-order valence-electron chi connectivity index (χ0n) is 9.61. The van der Waals surface area contributed by atoms with Gasteiger partial charge >= 0.3 is 0 Å². The van der Waals surface area contributed by atoms with Crippen LogP contribution >= 0.6 is 0 Å². The molecular weight excluding hydrogens is 202 g/mol. The topological polar surface area (TPSA) is 60.9 Å². The van der Waals surface area contributed by atoms with E-state index in [0.29, 0.717) is 13.1 Å². The maximum Gasteiger partial charge on any atom is 0.267 e. The highest BCUT2D eigenvalue weighted by atomic mass is 16.1. The fourth-order valence-electron chi connectivity index (χ4n) is 2.18. The van der Waals surface area contributed by atoms with Crippen LogP contribution in [0.2, 0.25) is 0 Å². The predicted molar refractivity (Wildman–Crippen MR) is 63.4 cm³/mol. The van der Waals surface area contributed by atoms with Crippen molar-refractivity contribution in [3.63, 3.8) is 0 Å². The molecule has 0 saturated carbocycles. The molecule has 0 fully saturated rings. The molecule has 0 aliphatic heterocycles. The Morgan fingerprint density at radius 2 is 2.12 bits per heavy atom. The molecule has 0 atom stereocenters. The van der Waals surface area contributed by atoms with Crippen LogP contribution in [-0.2, 0) is 19.4 Å². The second-order valence-electron chi connectivity index (χ2n) is 4.38. The van der Waals surface area contributed by atoms with E-state index in [-0.39, 0.29) is 5.56 Å². The van der Waals surface area contributed by atoms with Crippen molar-refractivity contribution in [2.24, 2.45) is 5.73 Å². The summed E-state index contributed by atoms with van der Waals surface area (Å²) in [7, 11) is 0. The lowest BCUT2D eigenvalue weighted by atomic mass is 10.1. The van der Waals surface area contributed by atoms with E-state index >= 15 is 0 Å². The number of nitrogens with two attached hydrogens (primary N) is 1. The minimum Gasteiger partial charge on any atom is -0.330 e. The van der Waals surface area contributed by atoms with E-state index in [2.05, 4.69) is 5.10 Å². The number of aryl methyl sites for hydroxylation is 3. The minimum absolute atomic E-state index is 0.0223. The van der Waals surface area contributed by atoms with Crippen LogP contribution in [0.25, 0.3) is 0 Å². The molecule has 16 heavy (non-hydrogen) atoms. The average molecular weight is 221 g/mol. The van der Waals surface area contributed by atoms with Crippen LogP contribution < -0.4 is 11.3 Å². The molecule has 88 valence electrons. The minimum atomic E-state index is 0.0223. The Hall–Kier alpha value is -1.16. The van der Waals surface area contributed by atoms with Crippen LogP contribution in [0.15, 0.2) is 10.9 Å². The highest BCUT2D eigenvalue weighted by Crippen LogP contribution is 2.16. The summed E-state index contributed by atoms with van der Waals surface area (Å²) in [4.78, 5) is 11.8. The van der Waals surface area contributed by atoms with E-state index in [4.69, 9.17) is 5.73 Å². The standard InChI is InChI=1S/C12H19N3O/c13-7-4-8-15-12(16)9-10-5-2-1-3-6-11(10)14-15/h9H,1-8,13H2. The number of aromatic nitrogens is 2. The molecule has 1 aliphatic rings. The molecule has 0 radical (unpaired) electrons. The Morgan fingerprint density at radius 3 is 2.94 bits per heavy atom. The number of nitrogens with zero attached hydrogens (tertiary/aromatic N) is 2. The highest BCUT2D eigenvalue weighted by molar-refractivity contribution is 5.19. The summed E-state index contributed by atoms with van der Waals surface area (Å²) < 4.78 is 1.57. The van der Waals surface area contributed by atoms with Crippen LogP contribution in [0.1, 0.15) is 36.9 Å². The Kier molecular flexibility index (Phi) is 3.72. The fourth-order valence-corrected chi connectivity index (χ4v) is 2.18. The lowest BCUT2D eigenvalue weighted by Crippen LogP contribution is -2.25. The molecule has 2 rings (SSSR count). The third kappa shape index (κ3) is 2.50. The third-order valence-electron chi connectivity index (χ3n) is 3.10. The Bertz CT molecular complexity index is 411. The van der Waals surface area contributed by atoms with Gasteiger partial charge in [0.25, 0.3) is 5.56 Å². The smallest absolute Gasteiger partial charge is 0.267 e. The summed E-state index contributed by atoms with van der Waals surface area (Å²) >= 11 is 0. The number of rotatable bonds is 3. The van der Waals surface area contributed by atoms with Gasteiger partial charge in [-0.15, -0.1) is 0 Å². The molecule has 1 heterocycles. The van der Waals surface area contributed by atoms with Crippen molar-refractivity contribution < 1.29 is 0 Å². The van der Waals surface area contributed by atoms with Crippen LogP contribution in [-0.4, -0.2) is 16.3 Å². The van der Waals surface area contributed by atoms with Gasteiger partial charge in [0.2, 0.25) is 0 Å². The molecule has 0 unspecified atom stereocenters. The molecule has 1 aromatic rings. The summed E-state index contributed by atoms with van der Waals surface area (Å²) in [6.45, 7) is 1.24. The molecule has 0 amide bonds. The molecule has 0 aromatic carbocycles. The van der Waals surface area contributed by atoms with Gasteiger partial charge in [-0.3, -0.25) is 4.79 Å². The SMILES string of the molecule is NCCCn1nc2c(cc1=O)CCCCC2. The predicted octanol–water partition coefficient (Wildman–Crippen LogP) is 0.861. The average Bonchev–Trinajstić information content (AvgIpc) is 2.50. The summed E-state index contributed by atoms with van der Waals surface area (Å²) in [5, 5.41) is 4.46. The summed E-state index contributed by atoms with van der Waals surface area (Å²) in [5.41, 5.74) is 7.75. The first kappa shape index (κ1) is 11.3. The first-order valence-electron chi connectivity index (χ1n) is 6.11. The van der Waals surface area contributed by atoms with Crippen molar-refractivity contribution in [3.05, 3.63) is 27.7 Å². The third-order valence-corrected chi connectivity index (χ3v) is 3.10. The van der Waals surface area contributed by atoms with Gasteiger partial charge in [0.15, 0.2) is 0 Å². The van der Waals surface area contributed by atoms with Gasteiger partial charge in [-0.25, -0.2) is 4.68 Å². The molecule has 0 bridgehead atoms. The maximum absolute atomic E-state index is 11.8. The Balaban J connectivity index is 2.28. The summed E-state index contributed by atoms with van der Waals surface area (Å²) in [5.74, 6) is 0. The lowest BCUT2D eigenvalue weighted by Gasteiger charge is -2.08. The van der Waals surface area contributed by atoms with E-state index in [1.54, 1.807) is 10.7 Å². The number of hydrogen-bond donors (Lipinski definition) is 1. The van der Waals surface area contributed by atoms with E-state index in [1.807, 2.05) is 0 Å². The van der Waals surface area contributed by atoms with Gasteiger partial charge in [-0.05, 0) is 44.2 Å². The molecule has 2 N–H and O–H groups in total. The zero-order chi connectivity index (χ0) is 11.4. The number of fused-ring (bicyclic) bond motifs is 1. The first-order valence-corrected chi connectivity index (χ1v) is 6.11. The monoisotopic (exact) mass is 221 g/mol. The van der Waals surface area contributed by atoms with E-state index in [9.17, 15) is 4.79 Å². The second-order valence-corrected chi connectivity index (χ2v) is 4.38. The normalized spacial score (nSPS) is 15.6. The molecular formula is C12H19N3O. The van der Waals surface area contributed by atoms with Gasteiger partial charge in [0.1, 0.15) is 0 Å². The van der Waals surface area contributed by atoms with E-state index < -0.39 is 0 Å². The summed E-state index contributed by atoms with van der Waals surface area (Å²) in [6.07, 6.45) is 6.45. The lowest BCUT2D eigenvalue weighted by molar-refractivity contribution is 0.539. The Morgan fingerprint density at radius 1 is 1.31 bits per heavy atom. The molecule has 4 nitrogen and oxygen atoms in total. The van der Waals surface area contributed by atoms with Crippen molar-refractivity contribution in [1.82, 2.24) is 9.78 Å². The Labute approximate surface area is 95.5 Å². The quantitative estimate of drug-likeness (QED) is 0.770. The summed E-state index contributed by atoms with van der Waals surface area (Å²) in [6, 6.07) is 1.77. The maximum atomic E-state index is 11.8. The van der Waals surface area contributed by atoms with Crippen molar-refractivity contribution in [1.29, 1.82) is 0 Å². The number of hydrogen-bond acceptors (Lipinski definition) is 3. The van der Waals surface area contributed by atoms with Gasteiger partial charge in [0.05, 0.1) is 5.69 Å². The molecule has 4 heteroatoms. The largest absolute Gasteiger partial charge is 0.330 e. The van der Waals surface area contributed by atoms with Gasteiger partial charge in [0, 0.05) is 12.6 Å². The first-order chi connectivity index (χ1) is 7.81. The van der Waals surface area contributed by atoms with Gasteiger partial charge in [-0.1, -0.05) is 6.42 Å². The van der Waals surface area contributed by atoms with Crippen molar-refractivity contribution in [2.45, 2.75) is 45.1 Å². The highest BCUT2D eigenvalue weighted by Gasteiger charge is 2.11. The van der Waals surface area contributed by atoms with Crippen molar-refractivity contribution in [3.8, 4) is 0 Å². The van der Waals surface area contributed by atoms with Crippen molar-refractivity contribution >= 4 is 0 Å². The van der Waals surface area contributed by atoms with Crippen LogP contribution in [0.5, 0.6) is 0 Å². The van der Waals surface area contributed by atoms with Crippen LogP contribution in [0.3, 0.4) is 0 Å².